The Bertz CT molecular complexity index is 2890. The number of nitriles is 2. The molecule has 0 saturated heterocycles. The third-order valence-electron chi connectivity index (χ3n) is 10.2. The number of hydrogen-bond donors (Lipinski definition) is 0. The minimum Gasteiger partial charge on any atom is -0.311 e. The molecule has 0 amide bonds. The summed E-state index contributed by atoms with van der Waals surface area (Å²) in [4.78, 5) is 4.59. The average Bonchev–Trinajstić information content (AvgIpc) is 3.27. The summed E-state index contributed by atoms with van der Waals surface area (Å²) in [7, 11) is 0. The first-order chi connectivity index (χ1) is 27.7. The molecule has 4 heteroatoms. The summed E-state index contributed by atoms with van der Waals surface area (Å²) in [5, 5.41) is 24.2. The van der Waals surface area contributed by atoms with Gasteiger partial charge in [-0.2, -0.15) is 10.5 Å². The van der Waals surface area contributed by atoms with Crippen LogP contribution in [0, 0.1) is 22.7 Å². The topological polar surface area (TPSA) is 54.1 Å². The summed E-state index contributed by atoms with van der Waals surface area (Å²) < 4.78 is 0. The molecule has 9 aromatic rings. The molecule has 56 heavy (non-hydrogen) atoms. The average molecular weight is 715 g/mol. The van der Waals surface area contributed by atoms with E-state index in [1.807, 2.05) is 54.6 Å². The molecule has 0 fully saturated rings. The zero-order valence-electron chi connectivity index (χ0n) is 30.4. The molecule has 0 N–H and O–H groups in total. The highest BCUT2D eigenvalue weighted by molar-refractivity contribution is 6.25. The van der Waals surface area contributed by atoms with E-state index in [4.69, 9.17) is 0 Å². The first-order valence-electron chi connectivity index (χ1n) is 18.6. The number of fused-ring (bicyclic) bond motifs is 2. The highest BCUT2D eigenvalue weighted by Crippen LogP contribution is 2.50. The van der Waals surface area contributed by atoms with Crippen LogP contribution in [-0.4, -0.2) is 0 Å². The Labute approximate surface area is 326 Å². The standard InChI is InChI=1S/C52H34N4/c53-35-37-15-12-17-39(33-37)50-46-25-10-11-26-47(46)51(40-18-13-16-38(34-40)36-54)52-48(50)27-14-28-49(52)56(43-23-8-3-9-24-43)45-31-29-44(30-32-45)55(41-19-4-1-5-20-41)42-21-6-2-7-22-42/h1-34H. The van der Waals surface area contributed by atoms with Crippen molar-refractivity contribution < 1.29 is 0 Å². The van der Waals surface area contributed by atoms with Crippen LogP contribution in [0.15, 0.2) is 206 Å². The Hall–Kier alpha value is -7.92. The molecule has 9 aromatic carbocycles. The Balaban J connectivity index is 1.34. The molecule has 4 nitrogen and oxygen atoms in total. The van der Waals surface area contributed by atoms with Gasteiger partial charge in [0.1, 0.15) is 0 Å². The number of hydrogen-bond acceptors (Lipinski definition) is 4. The minimum absolute atomic E-state index is 0.597. The molecule has 0 radical (unpaired) electrons. The molecule has 0 unspecified atom stereocenters. The van der Waals surface area contributed by atoms with E-state index in [2.05, 4.69) is 174 Å². The van der Waals surface area contributed by atoms with Crippen LogP contribution in [0.3, 0.4) is 0 Å². The van der Waals surface area contributed by atoms with Crippen molar-refractivity contribution in [2.24, 2.45) is 0 Å². The Morgan fingerprint density at radius 3 is 1.23 bits per heavy atom. The number of nitrogens with zero attached hydrogens (tertiary/aromatic N) is 4. The Morgan fingerprint density at radius 1 is 0.321 bits per heavy atom. The van der Waals surface area contributed by atoms with Crippen LogP contribution in [0.4, 0.5) is 34.1 Å². The molecule has 0 heterocycles. The van der Waals surface area contributed by atoms with Crippen LogP contribution in [0.5, 0.6) is 0 Å². The highest BCUT2D eigenvalue weighted by atomic mass is 15.2. The maximum atomic E-state index is 10.0. The molecule has 0 aliphatic heterocycles. The molecular formula is C52H34N4. The SMILES string of the molecule is N#Cc1cccc(-c2c3ccccc3c(-c3cccc(C#N)c3)c3c(N(c4ccccc4)c4ccc(N(c5ccccc5)c5ccccc5)cc4)cccc23)c1. The van der Waals surface area contributed by atoms with Crippen molar-refractivity contribution in [3.05, 3.63) is 217 Å². The van der Waals surface area contributed by atoms with E-state index in [9.17, 15) is 10.5 Å². The summed E-state index contributed by atoms with van der Waals surface area (Å²) >= 11 is 0. The van der Waals surface area contributed by atoms with Gasteiger partial charge in [-0.15, -0.1) is 0 Å². The van der Waals surface area contributed by atoms with Gasteiger partial charge >= 0.3 is 0 Å². The Morgan fingerprint density at radius 2 is 0.714 bits per heavy atom. The Kier molecular flexibility index (Phi) is 8.98. The van der Waals surface area contributed by atoms with E-state index >= 15 is 0 Å². The maximum absolute atomic E-state index is 10.0. The van der Waals surface area contributed by atoms with Crippen LogP contribution >= 0.6 is 0 Å². The third-order valence-corrected chi connectivity index (χ3v) is 10.2. The van der Waals surface area contributed by atoms with Crippen LogP contribution < -0.4 is 9.80 Å². The first kappa shape index (κ1) is 33.9. The van der Waals surface area contributed by atoms with Crippen molar-refractivity contribution in [3.8, 4) is 34.4 Å². The van der Waals surface area contributed by atoms with E-state index in [-0.39, 0.29) is 0 Å². The van der Waals surface area contributed by atoms with Gasteiger partial charge in [0, 0.05) is 33.8 Å². The van der Waals surface area contributed by atoms with E-state index < -0.39 is 0 Å². The van der Waals surface area contributed by atoms with Crippen molar-refractivity contribution in [1.29, 1.82) is 10.5 Å². The molecule has 0 aliphatic carbocycles. The van der Waals surface area contributed by atoms with Gasteiger partial charge in [-0.1, -0.05) is 115 Å². The lowest BCUT2D eigenvalue weighted by atomic mass is 9.84. The normalized spacial score (nSPS) is 10.8. The van der Waals surface area contributed by atoms with E-state index in [1.165, 1.54) is 0 Å². The maximum Gasteiger partial charge on any atom is 0.0991 e. The third kappa shape index (κ3) is 6.18. The molecule has 0 aliphatic rings. The predicted molar refractivity (Wildman–Crippen MR) is 231 cm³/mol. The van der Waals surface area contributed by atoms with Crippen molar-refractivity contribution in [2.45, 2.75) is 0 Å². The molecule has 0 saturated carbocycles. The molecule has 9 rings (SSSR count). The van der Waals surface area contributed by atoms with Gasteiger partial charge in [0.05, 0.1) is 29.0 Å². The van der Waals surface area contributed by atoms with E-state index in [1.54, 1.807) is 0 Å². The zero-order chi connectivity index (χ0) is 37.8. The quantitative estimate of drug-likeness (QED) is 0.147. The van der Waals surface area contributed by atoms with Crippen LogP contribution in [0.2, 0.25) is 0 Å². The van der Waals surface area contributed by atoms with Crippen molar-refractivity contribution >= 4 is 55.7 Å². The van der Waals surface area contributed by atoms with Gasteiger partial charge in [0.25, 0.3) is 0 Å². The fourth-order valence-corrected chi connectivity index (χ4v) is 7.85. The smallest absolute Gasteiger partial charge is 0.0991 e. The summed E-state index contributed by atoms with van der Waals surface area (Å²) in [6.07, 6.45) is 0. The van der Waals surface area contributed by atoms with Gasteiger partial charge < -0.3 is 9.80 Å². The lowest BCUT2D eigenvalue weighted by molar-refractivity contribution is 1.26. The van der Waals surface area contributed by atoms with Crippen molar-refractivity contribution in [3.63, 3.8) is 0 Å². The van der Waals surface area contributed by atoms with Gasteiger partial charge in [0.15, 0.2) is 0 Å². The summed E-state index contributed by atoms with van der Waals surface area (Å²) in [5.41, 5.74) is 11.4. The first-order valence-corrected chi connectivity index (χ1v) is 18.6. The molecule has 0 bridgehead atoms. The van der Waals surface area contributed by atoms with Crippen LogP contribution in [-0.2, 0) is 0 Å². The monoisotopic (exact) mass is 714 g/mol. The van der Waals surface area contributed by atoms with E-state index in [0.29, 0.717) is 11.1 Å². The fourth-order valence-electron chi connectivity index (χ4n) is 7.85. The molecule has 0 spiro atoms. The zero-order valence-corrected chi connectivity index (χ0v) is 30.4. The number of rotatable bonds is 8. The second-order valence-electron chi connectivity index (χ2n) is 13.6. The summed E-state index contributed by atoms with van der Waals surface area (Å²) in [6, 6.07) is 75.5. The minimum atomic E-state index is 0.597. The number of para-hydroxylation sites is 3. The fraction of sp³-hybridized carbons (Fsp3) is 0. The van der Waals surface area contributed by atoms with Crippen LogP contribution in [0.25, 0.3) is 43.8 Å². The lowest BCUT2D eigenvalue weighted by Gasteiger charge is -2.30. The van der Waals surface area contributed by atoms with Crippen molar-refractivity contribution in [1.82, 2.24) is 0 Å². The van der Waals surface area contributed by atoms with Crippen molar-refractivity contribution in [2.75, 3.05) is 9.80 Å². The summed E-state index contributed by atoms with van der Waals surface area (Å²) in [5.74, 6) is 0. The lowest BCUT2D eigenvalue weighted by Crippen LogP contribution is -2.12. The predicted octanol–water partition coefficient (Wildman–Crippen LogP) is 14.0. The summed E-state index contributed by atoms with van der Waals surface area (Å²) in [6.45, 7) is 0. The number of anilines is 6. The van der Waals surface area contributed by atoms with Gasteiger partial charge in [-0.25, -0.2) is 0 Å². The molecule has 262 valence electrons. The second-order valence-corrected chi connectivity index (χ2v) is 13.6. The molecule has 0 atom stereocenters. The highest BCUT2D eigenvalue weighted by Gasteiger charge is 2.24. The van der Waals surface area contributed by atoms with E-state index in [0.717, 1.165) is 77.9 Å². The number of benzene rings is 9. The van der Waals surface area contributed by atoms with Crippen LogP contribution in [0.1, 0.15) is 11.1 Å². The second kappa shape index (κ2) is 14.8. The van der Waals surface area contributed by atoms with Gasteiger partial charge in [-0.3, -0.25) is 0 Å². The molecular weight excluding hydrogens is 681 g/mol. The van der Waals surface area contributed by atoms with Gasteiger partial charge in [-0.05, 0) is 129 Å². The largest absolute Gasteiger partial charge is 0.311 e. The molecule has 0 aromatic heterocycles. The van der Waals surface area contributed by atoms with Gasteiger partial charge in [0.2, 0.25) is 0 Å².